The highest BCUT2D eigenvalue weighted by molar-refractivity contribution is 7.22. The molecule has 9 heteroatoms. The summed E-state index contributed by atoms with van der Waals surface area (Å²) in [6.07, 6.45) is 0. The lowest BCUT2D eigenvalue weighted by molar-refractivity contribution is 0.0742. The van der Waals surface area contributed by atoms with Crippen LogP contribution in [0.25, 0.3) is 20.8 Å². The Bertz CT molecular complexity index is 1130. The summed E-state index contributed by atoms with van der Waals surface area (Å²) in [5.41, 5.74) is 1.38. The minimum absolute atomic E-state index is 0.00320. The van der Waals surface area contributed by atoms with Gasteiger partial charge < -0.3 is 14.8 Å². The van der Waals surface area contributed by atoms with E-state index in [0.717, 1.165) is 39.0 Å². The fourth-order valence-electron chi connectivity index (χ4n) is 3.35. The normalized spacial score (nSPS) is 14.8. The molecule has 0 saturated carbocycles. The van der Waals surface area contributed by atoms with Gasteiger partial charge in [0.1, 0.15) is 5.69 Å². The Morgan fingerprint density at radius 3 is 2.71 bits per heavy atom. The van der Waals surface area contributed by atoms with Gasteiger partial charge in [-0.3, -0.25) is 4.79 Å². The number of hydrogen-bond donors (Lipinski definition) is 1. The number of aromatic nitrogens is 3. The molecule has 4 aromatic rings. The quantitative estimate of drug-likeness (QED) is 0.525. The van der Waals surface area contributed by atoms with Gasteiger partial charge in [-0.1, -0.05) is 41.1 Å². The van der Waals surface area contributed by atoms with Crippen molar-refractivity contribution in [3.05, 3.63) is 52.5 Å². The van der Waals surface area contributed by atoms with E-state index in [0.29, 0.717) is 23.8 Å². The Labute approximate surface area is 174 Å². The number of para-hydroxylation sites is 1. The molecule has 0 unspecified atom stereocenters. The van der Waals surface area contributed by atoms with Crippen molar-refractivity contribution in [2.75, 3.05) is 31.1 Å². The van der Waals surface area contributed by atoms with Crippen LogP contribution in [-0.2, 0) is 0 Å². The monoisotopic (exact) mass is 429 g/mol. The third kappa shape index (κ3) is 3.17. The van der Waals surface area contributed by atoms with Crippen molar-refractivity contribution in [1.82, 2.24) is 20.1 Å². The van der Waals surface area contributed by atoms with Gasteiger partial charge in [-0.15, -0.1) is 21.5 Å². The number of piperazine rings is 1. The standard InChI is InChI=1S/C19H16ClN5OS2/c20-13-4-1-3-12-11-14(21-16(12)13)18(26)24-6-8-25(9-7-24)19-23-22-17(28-19)15-5-2-10-27-15/h1-5,10-11,21H,6-9H2. The summed E-state index contributed by atoms with van der Waals surface area (Å²) in [5.74, 6) is 0.00320. The van der Waals surface area contributed by atoms with Gasteiger partial charge in [0.05, 0.1) is 15.4 Å². The van der Waals surface area contributed by atoms with Crippen molar-refractivity contribution in [2.45, 2.75) is 0 Å². The number of aromatic amines is 1. The summed E-state index contributed by atoms with van der Waals surface area (Å²) in [6.45, 7) is 2.78. The van der Waals surface area contributed by atoms with Crippen LogP contribution in [0.15, 0.2) is 41.8 Å². The molecule has 142 valence electrons. The van der Waals surface area contributed by atoms with Gasteiger partial charge in [0.2, 0.25) is 5.13 Å². The predicted octanol–water partition coefficient (Wildman–Crippen LogP) is 4.36. The Morgan fingerprint density at radius 2 is 1.96 bits per heavy atom. The number of thiophene rings is 1. The topological polar surface area (TPSA) is 65.1 Å². The number of halogens is 1. The molecular weight excluding hydrogens is 414 g/mol. The second-order valence-corrected chi connectivity index (χ2v) is 8.84. The molecule has 0 atom stereocenters. The summed E-state index contributed by atoms with van der Waals surface area (Å²) >= 11 is 9.47. The molecular formula is C19H16ClN5OS2. The molecule has 1 N–H and O–H groups in total. The molecule has 1 fully saturated rings. The Hall–Kier alpha value is -2.42. The fourth-order valence-corrected chi connectivity index (χ4v) is 5.27. The highest BCUT2D eigenvalue weighted by Crippen LogP contribution is 2.32. The van der Waals surface area contributed by atoms with Crippen LogP contribution in [-0.4, -0.2) is 52.2 Å². The molecule has 1 aliphatic heterocycles. The number of fused-ring (bicyclic) bond motifs is 1. The SMILES string of the molecule is O=C(c1cc2cccc(Cl)c2[nH]1)N1CCN(c2nnc(-c3cccs3)s2)CC1. The lowest BCUT2D eigenvalue weighted by Gasteiger charge is -2.34. The summed E-state index contributed by atoms with van der Waals surface area (Å²) in [4.78, 5) is 21.3. The Morgan fingerprint density at radius 1 is 1.11 bits per heavy atom. The van der Waals surface area contributed by atoms with Crippen molar-refractivity contribution < 1.29 is 4.79 Å². The smallest absolute Gasteiger partial charge is 0.270 e. The zero-order chi connectivity index (χ0) is 19.1. The number of hydrogen-bond acceptors (Lipinski definition) is 6. The molecule has 0 radical (unpaired) electrons. The first-order valence-corrected chi connectivity index (χ1v) is 11.0. The van der Waals surface area contributed by atoms with Gasteiger partial charge in [0.15, 0.2) is 5.01 Å². The van der Waals surface area contributed by atoms with E-state index in [1.165, 1.54) is 0 Å². The van der Waals surface area contributed by atoms with Gasteiger partial charge in [-0.2, -0.15) is 0 Å². The number of H-pyrrole nitrogens is 1. The average Bonchev–Trinajstić information content (AvgIpc) is 3.47. The first-order valence-electron chi connectivity index (χ1n) is 8.88. The molecule has 3 aromatic heterocycles. The zero-order valence-corrected chi connectivity index (χ0v) is 17.2. The molecule has 28 heavy (non-hydrogen) atoms. The highest BCUT2D eigenvalue weighted by Gasteiger charge is 2.25. The minimum Gasteiger partial charge on any atom is -0.349 e. The lowest BCUT2D eigenvalue weighted by Crippen LogP contribution is -2.48. The molecule has 1 aliphatic rings. The third-order valence-electron chi connectivity index (χ3n) is 4.82. The van der Waals surface area contributed by atoms with E-state index in [9.17, 15) is 4.79 Å². The van der Waals surface area contributed by atoms with Crippen molar-refractivity contribution in [2.24, 2.45) is 0 Å². The number of anilines is 1. The first-order chi connectivity index (χ1) is 13.7. The predicted molar refractivity (Wildman–Crippen MR) is 115 cm³/mol. The third-order valence-corrected chi connectivity index (χ3v) is 7.16. The second kappa shape index (κ2) is 7.20. The van der Waals surface area contributed by atoms with E-state index in [-0.39, 0.29) is 5.91 Å². The van der Waals surface area contributed by atoms with Gasteiger partial charge in [-0.25, -0.2) is 0 Å². The summed E-state index contributed by atoms with van der Waals surface area (Å²) in [7, 11) is 0. The molecule has 0 spiro atoms. The first kappa shape index (κ1) is 17.7. The van der Waals surface area contributed by atoms with Crippen molar-refractivity contribution in [3.8, 4) is 9.88 Å². The highest BCUT2D eigenvalue weighted by atomic mass is 35.5. The van der Waals surface area contributed by atoms with E-state index < -0.39 is 0 Å². The number of nitrogens with one attached hydrogen (secondary N) is 1. The van der Waals surface area contributed by atoms with Crippen LogP contribution in [0.1, 0.15) is 10.5 Å². The lowest BCUT2D eigenvalue weighted by atomic mass is 10.2. The van der Waals surface area contributed by atoms with E-state index in [1.54, 1.807) is 22.7 Å². The maximum Gasteiger partial charge on any atom is 0.270 e. The Kier molecular flexibility index (Phi) is 4.54. The molecule has 1 amide bonds. The van der Waals surface area contributed by atoms with Crippen LogP contribution in [0, 0.1) is 0 Å². The maximum absolute atomic E-state index is 12.9. The summed E-state index contributed by atoms with van der Waals surface area (Å²) in [5, 5.41) is 14.1. The number of benzene rings is 1. The van der Waals surface area contributed by atoms with E-state index >= 15 is 0 Å². The molecule has 1 saturated heterocycles. The van der Waals surface area contributed by atoms with Crippen molar-refractivity contribution in [1.29, 1.82) is 0 Å². The number of amides is 1. The van der Waals surface area contributed by atoms with E-state index in [4.69, 9.17) is 11.6 Å². The summed E-state index contributed by atoms with van der Waals surface area (Å²) in [6, 6.07) is 11.6. The fraction of sp³-hybridized carbons (Fsp3) is 0.211. The molecule has 1 aromatic carbocycles. The zero-order valence-electron chi connectivity index (χ0n) is 14.8. The van der Waals surface area contributed by atoms with Crippen LogP contribution in [0.2, 0.25) is 5.02 Å². The van der Waals surface area contributed by atoms with Crippen LogP contribution >= 0.6 is 34.3 Å². The maximum atomic E-state index is 12.9. The Balaban J connectivity index is 1.27. The molecule has 6 nitrogen and oxygen atoms in total. The van der Waals surface area contributed by atoms with Crippen LogP contribution in [0.4, 0.5) is 5.13 Å². The number of carbonyl (C=O) groups is 1. The number of carbonyl (C=O) groups excluding carboxylic acids is 1. The van der Waals surface area contributed by atoms with E-state index in [1.807, 2.05) is 40.6 Å². The van der Waals surface area contributed by atoms with Crippen LogP contribution in [0.5, 0.6) is 0 Å². The summed E-state index contributed by atoms with van der Waals surface area (Å²) < 4.78 is 0. The largest absolute Gasteiger partial charge is 0.349 e. The molecule has 0 aliphatic carbocycles. The van der Waals surface area contributed by atoms with Gasteiger partial charge in [-0.05, 0) is 23.6 Å². The van der Waals surface area contributed by atoms with E-state index in [2.05, 4.69) is 26.1 Å². The average molecular weight is 430 g/mol. The molecule has 0 bridgehead atoms. The minimum atomic E-state index is 0.00320. The second-order valence-electron chi connectivity index (χ2n) is 6.53. The molecule has 5 rings (SSSR count). The van der Waals surface area contributed by atoms with Crippen molar-refractivity contribution >= 4 is 56.2 Å². The van der Waals surface area contributed by atoms with Gasteiger partial charge in [0, 0.05) is 31.6 Å². The van der Waals surface area contributed by atoms with Crippen molar-refractivity contribution in [3.63, 3.8) is 0 Å². The number of rotatable bonds is 3. The van der Waals surface area contributed by atoms with Gasteiger partial charge in [0.25, 0.3) is 5.91 Å². The van der Waals surface area contributed by atoms with Crippen LogP contribution < -0.4 is 4.90 Å². The molecule has 4 heterocycles. The van der Waals surface area contributed by atoms with Crippen LogP contribution in [0.3, 0.4) is 0 Å². The van der Waals surface area contributed by atoms with Gasteiger partial charge >= 0.3 is 0 Å². The number of nitrogens with zero attached hydrogens (tertiary/aromatic N) is 4.